The van der Waals surface area contributed by atoms with E-state index in [1.807, 2.05) is 0 Å². The molecule has 0 aliphatic carbocycles. The molecule has 2 aliphatic rings. The third-order valence-electron chi connectivity index (χ3n) is 1.59. The van der Waals surface area contributed by atoms with Crippen molar-refractivity contribution in [3.8, 4) is 0 Å². The number of nitrogens with zero attached hydrogens (tertiary/aromatic N) is 2. The van der Waals surface area contributed by atoms with Crippen molar-refractivity contribution in [2.24, 2.45) is 9.98 Å². The predicted molar refractivity (Wildman–Crippen MR) is 45.6 cm³/mol. The largest absolute Gasteiger partial charge is 0.476 e. The van der Waals surface area contributed by atoms with Crippen molar-refractivity contribution >= 4 is 11.8 Å². The van der Waals surface area contributed by atoms with E-state index < -0.39 is 0 Å². The van der Waals surface area contributed by atoms with Crippen LogP contribution in [-0.2, 0) is 9.47 Å². The molecule has 2 rings (SSSR count). The van der Waals surface area contributed by atoms with Crippen molar-refractivity contribution in [2.75, 3.05) is 26.3 Å². The molecule has 0 aromatic heterocycles. The van der Waals surface area contributed by atoms with Crippen LogP contribution in [0.15, 0.2) is 22.1 Å². The van der Waals surface area contributed by atoms with Gasteiger partial charge in [0.1, 0.15) is 13.2 Å². The number of rotatable bonds is 2. The van der Waals surface area contributed by atoms with E-state index in [0.29, 0.717) is 25.0 Å². The molecule has 0 saturated carbocycles. The topological polar surface area (TPSA) is 43.2 Å². The van der Waals surface area contributed by atoms with Crippen molar-refractivity contribution in [1.82, 2.24) is 0 Å². The molecule has 0 amide bonds. The first-order valence-corrected chi connectivity index (χ1v) is 3.98. The van der Waals surface area contributed by atoms with Gasteiger partial charge in [-0.25, -0.2) is 9.98 Å². The maximum absolute atomic E-state index is 5.17. The third kappa shape index (κ3) is 1.64. The molecule has 64 valence electrons. The Morgan fingerprint density at radius 1 is 0.917 bits per heavy atom. The van der Waals surface area contributed by atoms with Crippen LogP contribution in [0.1, 0.15) is 0 Å². The van der Waals surface area contributed by atoms with Gasteiger partial charge >= 0.3 is 0 Å². The lowest BCUT2D eigenvalue weighted by atomic mass is 10.5. The summed E-state index contributed by atoms with van der Waals surface area (Å²) in [6, 6.07) is 0. The fourth-order valence-corrected chi connectivity index (χ4v) is 1.05. The van der Waals surface area contributed by atoms with Gasteiger partial charge in [0.2, 0.25) is 11.8 Å². The Morgan fingerprint density at radius 3 is 1.75 bits per heavy atom. The Morgan fingerprint density at radius 2 is 1.42 bits per heavy atom. The number of hydrogen-bond donors (Lipinski definition) is 0. The monoisotopic (exact) mass is 166 g/mol. The van der Waals surface area contributed by atoms with Gasteiger partial charge in [0.15, 0.2) is 0 Å². The van der Waals surface area contributed by atoms with Crippen LogP contribution in [0.4, 0.5) is 0 Å². The summed E-state index contributed by atoms with van der Waals surface area (Å²) in [4.78, 5) is 8.19. The van der Waals surface area contributed by atoms with Crippen molar-refractivity contribution in [3.05, 3.63) is 12.2 Å². The maximum Gasteiger partial charge on any atom is 0.208 e. The molecule has 0 spiro atoms. The van der Waals surface area contributed by atoms with Gasteiger partial charge < -0.3 is 9.47 Å². The highest BCUT2D eigenvalue weighted by molar-refractivity contribution is 5.97. The molecule has 0 aromatic carbocycles. The predicted octanol–water partition coefficient (Wildman–Crippen LogP) is 0.400. The third-order valence-corrected chi connectivity index (χ3v) is 1.59. The maximum atomic E-state index is 5.17. The van der Waals surface area contributed by atoms with Crippen molar-refractivity contribution in [2.45, 2.75) is 0 Å². The van der Waals surface area contributed by atoms with Crippen LogP contribution in [0.5, 0.6) is 0 Å². The van der Waals surface area contributed by atoms with Crippen LogP contribution in [-0.4, -0.2) is 38.1 Å². The van der Waals surface area contributed by atoms with Crippen LogP contribution >= 0.6 is 0 Å². The lowest BCUT2D eigenvalue weighted by molar-refractivity contribution is 0.347. The number of hydrogen-bond acceptors (Lipinski definition) is 4. The standard InChI is InChI=1S/C8H10N2O2/c1(7-9-3-5-11-7)2-8-10-4-6-12-8/h1-2H,3-6H2. The van der Waals surface area contributed by atoms with E-state index in [-0.39, 0.29) is 0 Å². The van der Waals surface area contributed by atoms with Crippen molar-refractivity contribution in [3.63, 3.8) is 0 Å². The smallest absolute Gasteiger partial charge is 0.208 e. The van der Waals surface area contributed by atoms with E-state index in [9.17, 15) is 0 Å². The summed E-state index contributed by atoms with van der Waals surface area (Å²) >= 11 is 0. The molecule has 4 nitrogen and oxygen atoms in total. The summed E-state index contributed by atoms with van der Waals surface area (Å²) in [5.74, 6) is 1.35. The summed E-state index contributed by atoms with van der Waals surface area (Å²) < 4.78 is 10.3. The van der Waals surface area contributed by atoms with Crippen LogP contribution in [0.2, 0.25) is 0 Å². The quantitative estimate of drug-likeness (QED) is 0.596. The Bertz CT molecular complexity index is 230. The van der Waals surface area contributed by atoms with Gasteiger partial charge in [0.05, 0.1) is 13.1 Å². The SMILES string of the molecule is C(=CC1=NCCO1)C1=NCCO1. The van der Waals surface area contributed by atoms with E-state index in [4.69, 9.17) is 9.47 Å². The van der Waals surface area contributed by atoms with Crippen molar-refractivity contribution in [1.29, 1.82) is 0 Å². The fraction of sp³-hybridized carbons (Fsp3) is 0.500. The minimum Gasteiger partial charge on any atom is -0.476 e. The van der Waals surface area contributed by atoms with Gasteiger partial charge in [0, 0.05) is 12.2 Å². The van der Waals surface area contributed by atoms with E-state index in [2.05, 4.69) is 9.98 Å². The minimum absolute atomic E-state index is 0.674. The molecule has 0 unspecified atom stereocenters. The zero-order chi connectivity index (χ0) is 8.23. The average Bonchev–Trinajstić information content (AvgIpc) is 2.74. The second-order valence-electron chi connectivity index (χ2n) is 2.47. The first kappa shape index (κ1) is 7.34. The highest BCUT2D eigenvalue weighted by Gasteiger charge is 2.05. The van der Waals surface area contributed by atoms with Gasteiger partial charge in [0.25, 0.3) is 0 Å². The van der Waals surface area contributed by atoms with Crippen LogP contribution in [0.25, 0.3) is 0 Å². The molecule has 0 aromatic rings. The molecule has 12 heavy (non-hydrogen) atoms. The van der Waals surface area contributed by atoms with Gasteiger partial charge in [-0.05, 0) is 0 Å². The number of aliphatic imine (C=N–C) groups is 2. The Kier molecular flexibility index (Phi) is 2.07. The Balaban J connectivity index is 1.92. The molecule has 0 saturated heterocycles. The molecule has 4 heteroatoms. The second-order valence-corrected chi connectivity index (χ2v) is 2.47. The lowest BCUT2D eigenvalue weighted by Crippen LogP contribution is -1.97. The van der Waals surface area contributed by atoms with Crippen LogP contribution in [0.3, 0.4) is 0 Å². The molecule has 0 fully saturated rings. The lowest BCUT2D eigenvalue weighted by Gasteiger charge is -1.94. The zero-order valence-corrected chi connectivity index (χ0v) is 6.69. The Hall–Kier alpha value is -1.32. The van der Waals surface area contributed by atoms with E-state index in [1.165, 1.54) is 0 Å². The first-order chi connectivity index (χ1) is 5.95. The van der Waals surface area contributed by atoms with Gasteiger partial charge in [-0.15, -0.1) is 0 Å². The molecule has 0 radical (unpaired) electrons. The second kappa shape index (κ2) is 3.38. The average molecular weight is 166 g/mol. The molecular formula is C8H10N2O2. The molecule has 0 N–H and O–H groups in total. The molecule has 2 heterocycles. The van der Waals surface area contributed by atoms with Gasteiger partial charge in [-0.1, -0.05) is 0 Å². The van der Waals surface area contributed by atoms with E-state index in [1.54, 1.807) is 12.2 Å². The molecule has 0 atom stereocenters. The normalized spacial score (nSPS) is 22.0. The van der Waals surface area contributed by atoms with Gasteiger partial charge in [-0.3, -0.25) is 0 Å². The summed E-state index contributed by atoms with van der Waals surface area (Å²) in [6.07, 6.45) is 3.58. The van der Waals surface area contributed by atoms with E-state index in [0.717, 1.165) is 13.1 Å². The fourth-order valence-electron chi connectivity index (χ4n) is 1.05. The van der Waals surface area contributed by atoms with Crippen LogP contribution < -0.4 is 0 Å². The number of ether oxygens (including phenoxy) is 2. The van der Waals surface area contributed by atoms with E-state index >= 15 is 0 Å². The summed E-state index contributed by atoms with van der Waals surface area (Å²) in [7, 11) is 0. The summed E-state index contributed by atoms with van der Waals surface area (Å²) in [5.41, 5.74) is 0. The van der Waals surface area contributed by atoms with Gasteiger partial charge in [-0.2, -0.15) is 0 Å². The van der Waals surface area contributed by atoms with Crippen LogP contribution in [0, 0.1) is 0 Å². The Labute approximate surface area is 70.6 Å². The highest BCUT2D eigenvalue weighted by Crippen LogP contribution is 1.99. The summed E-state index contributed by atoms with van der Waals surface area (Å²) in [6.45, 7) is 2.89. The zero-order valence-electron chi connectivity index (χ0n) is 6.69. The molecule has 0 bridgehead atoms. The molecular weight excluding hydrogens is 156 g/mol. The highest BCUT2D eigenvalue weighted by atomic mass is 16.5. The summed E-state index contributed by atoms with van der Waals surface area (Å²) in [5, 5.41) is 0. The van der Waals surface area contributed by atoms with Crippen molar-refractivity contribution < 1.29 is 9.47 Å². The minimum atomic E-state index is 0.674. The molecule has 2 aliphatic heterocycles. The first-order valence-electron chi connectivity index (χ1n) is 3.98.